The van der Waals surface area contributed by atoms with Crippen LogP contribution < -0.4 is 5.32 Å². The van der Waals surface area contributed by atoms with Gasteiger partial charge in [0, 0.05) is 12.6 Å². The van der Waals surface area contributed by atoms with Gasteiger partial charge in [-0.15, -0.1) is 11.3 Å². The van der Waals surface area contributed by atoms with Gasteiger partial charge in [-0.2, -0.15) is 0 Å². The van der Waals surface area contributed by atoms with Gasteiger partial charge in [0.2, 0.25) is 5.91 Å². The second kappa shape index (κ2) is 5.62. The highest BCUT2D eigenvalue weighted by atomic mass is 32.1. The molecule has 1 aliphatic rings. The minimum Gasteiger partial charge on any atom is -0.477 e. The fourth-order valence-electron chi connectivity index (χ4n) is 2.15. The number of carboxylic acid groups (broad SMARTS) is 1. The molecule has 7 heteroatoms. The van der Waals surface area contributed by atoms with Crippen molar-refractivity contribution in [1.82, 2.24) is 10.2 Å². The summed E-state index contributed by atoms with van der Waals surface area (Å²) in [4.78, 5) is 36.9. The summed E-state index contributed by atoms with van der Waals surface area (Å²) < 4.78 is 0. The molecule has 0 aromatic carbocycles. The van der Waals surface area contributed by atoms with Gasteiger partial charge in [-0.1, -0.05) is 0 Å². The number of aromatic carboxylic acids is 1. The van der Waals surface area contributed by atoms with Crippen molar-refractivity contribution in [2.45, 2.75) is 32.4 Å². The highest BCUT2D eigenvalue weighted by molar-refractivity contribution is 7.15. The molecule has 0 aliphatic carbocycles. The minimum atomic E-state index is -1.06. The molecular formula is C13H16N2O4S. The summed E-state index contributed by atoms with van der Waals surface area (Å²) in [6, 6.07) is 2.45. The predicted molar refractivity (Wildman–Crippen MR) is 74.0 cm³/mol. The van der Waals surface area contributed by atoms with Crippen molar-refractivity contribution in [2.24, 2.45) is 0 Å². The van der Waals surface area contributed by atoms with E-state index in [1.165, 1.54) is 12.1 Å². The third-order valence-electron chi connectivity index (χ3n) is 3.21. The summed E-state index contributed by atoms with van der Waals surface area (Å²) in [5.74, 6) is -1.54. The smallest absolute Gasteiger partial charge is 0.345 e. The zero-order valence-corrected chi connectivity index (χ0v) is 12.1. The third-order valence-corrected chi connectivity index (χ3v) is 4.28. The number of thiophene rings is 1. The Morgan fingerprint density at radius 2 is 2.05 bits per heavy atom. The number of nitrogens with one attached hydrogen (secondary N) is 1. The van der Waals surface area contributed by atoms with Crippen LogP contribution in [-0.4, -0.2) is 46.4 Å². The first-order valence-electron chi connectivity index (χ1n) is 6.34. The van der Waals surface area contributed by atoms with Crippen LogP contribution in [0.25, 0.3) is 0 Å². The molecule has 2 rings (SSSR count). The highest BCUT2D eigenvalue weighted by Gasteiger charge is 2.34. The van der Waals surface area contributed by atoms with E-state index in [9.17, 15) is 14.4 Å². The van der Waals surface area contributed by atoms with E-state index in [1.54, 1.807) is 4.90 Å². The SMILES string of the molecule is CC(C)N1CC[C@@H](NC(=O)c2ccc(C(=O)O)s2)C1=O. The lowest BCUT2D eigenvalue weighted by Crippen LogP contribution is -2.43. The number of nitrogens with zero attached hydrogens (tertiary/aromatic N) is 1. The van der Waals surface area contributed by atoms with Crippen molar-refractivity contribution >= 4 is 29.1 Å². The summed E-state index contributed by atoms with van der Waals surface area (Å²) >= 11 is 0.904. The molecule has 2 N–H and O–H groups in total. The van der Waals surface area contributed by atoms with Gasteiger partial charge in [0.05, 0.1) is 4.88 Å². The highest BCUT2D eigenvalue weighted by Crippen LogP contribution is 2.18. The number of rotatable bonds is 4. The minimum absolute atomic E-state index is 0.0802. The van der Waals surface area contributed by atoms with Crippen LogP contribution in [0.15, 0.2) is 12.1 Å². The molecule has 1 aromatic rings. The maximum atomic E-state index is 12.0. The summed E-state index contributed by atoms with van der Waals surface area (Å²) in [7, 11) is 0. The van der Waals surface area contributed by atoms with Crippen LogP contribution in [-0.2, 0) is 4.79 Å². The summed E-state index contributed by atoms with van der Waals surface area (Å²) in [6.07, 6.45) is 0.583. The molecule has 1 fully saturated rings. The topological polar surface area (TPSA) is 86.7 Å². The first-order valence-corrected chi connectivity index (χ1v) is 7.16. The van der Waals surface area contributed by atoms with Crippen LogP contribution in [0.4, 0.5) is 0 Å². The lowest BCUT2D eigenvalue weighted by atomic mass is 10.2. The van der Waals surface area contributed by atoms with Gasteiger partial charge in [0.1, 0.15) is 10.9 Å². The number of carbonyl (C=O) groups is 3. The Kier molecular flexibility index (Phi) is 4.08. The van der Waals surface area contributed by atoms with E-state index < -0.39 is 17.9 Å². The standard InChI is InChI=1S/C13H16N2O4S/c1-7(2)15-6-5-8(12(15)17)14-11(16)9-3-4-10(20-9)13(18)19/h3-4,7-8H,5-6H2,1-2H3,(H,14,16)(H,18,19)/t8-/m1/s1. The van der Waals surface area contributed by atoms with E-state index in [0.29, 0.717) is 17.8 Å². The first kappa shape index (κ1) is 14.5. The molecule has 6 nitrogen and oxygen atoms in total. The van der Waals surface area contributed by atoms with Crippen molar-refractivity contribution in [2.75, 3.05) is 6.54 Å². The van der Waals surface area contributed by atoms with E-state index in [4.69, 9.17) is 5.11 Å². The van der Waals surface area contributed by atoms with Gasteiger partial charge in [-0.3, -0.25) is 9.59 Å². The van der Waals surface area contributed by atoms with Gasteiger partial charge in [0.15, 0.2) is 0 Å². The second-order valence-electron chi connectivity index (χ2n) is 4.91. The van der Waals surface area contributed by atoms with Crippen molar-refractivity contribution in [3.05, 3.63) is 21.9 Å². The average Bonchev–Trinajstić information content (AvgIpc) is 2.97. The molecule has 1 saturated heterocycles. The number of hydrogen-bond acceptors (Lipinski definition) is 4. The van der Waals surface area contributed by atoms with Gasteiger partial charge < -0.3 is 15.3 Å². The number of hydrogen-bond donors (Lipinski definition) is 2. The Hall–Kier alpha value is -1.89. The molecule has 0 spiro atoms. The lowest BCUT2D eigenvalue weighted by molar-refractivity contribution is -0.130. The van der Waals surface area contributed by atoms with Crippen molar-refractivity contribution in [3.63, 3.8) is 0 Å². The Morgan fingerprint density at radius 1 is 1.40 bits per heavy atom. The van der Waals surface area contributed by atoms with Crippen LogP contribution in [0.1, 0.15) is 39.6 Å². The molecule has 1 aliphatic heterocycles. The monoisotopic (exact) mass is 296 g/mol. The molecule has 0 unspecified atom stereocenters. The number of amides is 2. The van der Waals surface area contributed by atoms with Gasteiger partial charge in [0.25, 0.3) is 5.91 Å². The van der Waals surface area contributed by atoms with E-state index in [0.717, 1.165) is 11.3 Å². The maximum Gasteiger partial charge on any atom is 0.345 e. The van der Waals surface area contributed by atoms with Gasteiger partial charge in [-0.25, -0.2) is 4.79 Å². The van der Waals surface area contributed by atoms with Crippen LogP contribution in [0.5, 0.6) is 0 Å². The fourth-order valence-corrected chi connectivity index (χ4v) is 2.90. The predicted octanol–water partition coefficient (Wildman–Crippen LogP) is 1.19. The summed E-state index contributed by atoms with van der Waals surface area (Å²) in [5.41, 5.74) is 0. The molecule has 0 bridgehead atoms. The first-order chi connectivity index (χ1) is 9.40. The third kappa shape index (κ3) is 2.82. The zero-order chi connectivity index (χ0) is 14.9. The molecule has 1 atom stereocenters. The fraction of sp³-hybridized carbons (Fsp3) is 0.462. The average molecular weight is 296 g/mol. The summed E-state index contributed by atoms with van der Waals surface area (Å²) in [5, 5.41) is 11.5. The van der Waals surface area contributed by atoms with Gasteiger partial charge >= 0.3 is 5.97 Å². The Balaban J connectivity index is 2.01. The van der Waals surface area contributed by atoms with Crippen molar-refractivity contribution in [1.29, 1.82) is 0 Å². The number of carboxylic acids is 1. The van der Waals surface area contributed by atoms with Crippen LogP contribution in [0.2, 0.25) is 0 Å². The molecule has 2 heterocycles. The van der Waals surface area contributed by atoms with Crippen molar-refractivity contribution in [3.8, 4) is 0 Å². The molecular weight excluding hydrogens is 280 g/mol. The zero-order valence-electron chi connectivity index (χ0n) is 11.3. The normalized spacial score (nSPS) is 18.6. The molecule has 108 valence electrons. The van der Waals surface area contributed by atoms with E-state index in [2.05, 4.69) is 5.32 Å². The van der Waals surface area contributed by atoms with Crippen LogP contribution in [0, 0.1) is 0 Å². The maximum absolute atomic E-state index is 12.0. The van der Waals surface area contributed by atoms with Gasteiger partial charge in [-0.05, 0) is 32.4 Å². The molecule has 20 heavy (non-hydrogen) atoms. The van der Waals surface area contributed by atoms with E-state index in [1.807, 2.05) is 13.8 Å². The van der Waals surface area contributed by atoms with Crippen LogP contribution >= 0.6 is 11.3 Å². The Bertz CT molecular complexity index is 552. The largest absolute Gasteiger partial charge is 0.477 e. The Morgan fingerprint density at radius 3 is 2.55 bits per heavy atom. The Labute approximate surface area is 120 Å². The molecule has 1 aromatic heterocycles. The summed E-state index contributed by atoms with van der Waals surface area (Å²) in [6.45, 7) is 4.49. The van der Waals surface area contributed by atoms with E-state index in [-0.39, 0.29) is 16.8 Å². The van der Waals surface area contributed by atoms with Crippen LogP contribution in [0.3, 0.4) is 0 Å². The lowest BCUT2D eigenvalue weighted by Gasteiger charge is -2.21. The molecule has 0 saturated carbocycles. The number of carbonyl (C=O) groups excluding carboxylic acids is 2. The van der Waals surface area contributed by atoms with E-state index >= 15 is 0 Å². The molecule has 2 amide bonds. The van der Waals surface area contributed by atoms with Crippen molar-refractivity contribution < 1.29 is 19.5 Å². The number of likely N-dealkylation sites (tertiary alicyclic amines) is 1. The molecule has 0 radical (unpaired) electrons. The second-order valence-corrected chi connectivity index (χ2v) is 5.99. The quantitative estimate of drug-likeness (QED) is 0.873.